The highest BCUT2D eigenvalue weighted by molar-refractivity contribution is 14.0. The summed E-state index contributed by atoms with van der Waals surface area (Å²) in [6.07, 6.45) is 6.53. The van der Waals surface area contributed by atoms with Crippen molar-refractivity contribution in [3.63, 3.8) is 0 Å². The zero-order valence-corrected chi connectivity index (χ0v) is 18.5. The van der Waals surface area contributed by atoms with Crippen LogP contribution in [0.2, 0.25) is 0 Å². The van der Waals surface area contributed by atoms with Crippen LogP contribution in [-0.2, 0) is 6.54 Å². The van der Waals surface area contributed by atoms with Gasteiger partial charge in [-0.3, -0.25) is 9.79 Å². The summed E-state index contributed by atoms with van der Waals surface area (Å²) < 4.78 is 0. The Morgan fingerprint density at radius 3 is 2.54 bits per heavy atom. The summed E-state index contributed by atoms with van der Waals surface area (Å²) in [6.45, 7) is 6.18. The van der Waals surface area contributed by atoms with E-state index in [0.29, 0.717) is 23.4 Å². The number of halogens is 1. The van der Waals surface area contributed by atoms with E-state index in [1.165, 1.54) is 32.1 Å². The number of aliphatic imine (C=N–C) groups is 1. The van der Waals surface area contributed by atoms with Crippen LogP contribution in [-0.4, -0.2) is 25.5 Å². The molecule has 1 aromatic rings. The Kier molecular flexibility index (Phi) is 9.39. The largest absolute Gasteiger partial charge is 0.366 e. The van der Waals surface area contributed by atoms with E-state index < -0.39 is 5.91 Å². The Hall–Kier alpha value is -1.31. The number of rotatable bonds is 7. The molecule has 1 fully saturated rings. The third-order valence-electron chi connectivity index (χ3n) is 5.03. The number of amides is 1. The van der Waals surface area contributed by atoms with Gasteiger partial charge in [-0.2, -0.15) is 0 Å². The van der Waals surface area contributed by atoms with Gasteiger partial charge in [-0.05, 0) is 48.3 Å². The summed E-state index contributed by atoms with van der Waals surface area (Å²) in [7, 11) is 1.79. The van der Waals surface area contributed by atoms with Crippen molar-refractivity contribution in [3.05, 3.63) is 35.4 Å². The van der Waals surface area contributed by atoms with Gasteiger partial charge in [0.05, 0.1) is 0 Å². The Bertz CT molecular complexity index is 610. The van der Waals surface area contributed by atoms with Crippen LogP contribution in [0.5, 0.6) is 0 Å². The molecule has 0 aromatic heterocycles. The molecule has 2 rings (SSSR count). The van der Waals surface area contributed by atoms with Crippen LogP contribution < -0.4 is 16.4 Å². The van der Waals surface area contributed by atoms with Crippen LogP contribution >= 0.6 is 24.0 Å². The number of carbonyl (C=O) groups excluding carboxylic acids is 1. The Morgan fingerprint density at radius 1 is 1.27 bits per heavy atom. The second-order valence-corrected chi connectivity index (χ2v) is 7.65. The molecular formula is C20H33IN4O. The molecule has 146 valence electrons. The molecular weight excluding hydrogens is 439 g/mol. The number of hydrogen-bond acceptors (Lipinski definition) is 2. The molecule has 1 amide bonds. The number of nitrogens with zero attached hydrogens (tertiary/aromatic N) is 1. The van der Waals surface area contributed by atoms with Gasteiger partial charge < -0.3 is 16.4 Å². The van der Waals surface area contributed by atoms with Crippen molar-refractivity contribution >= 4 is 35.8 Å². The maximum Gasteiger partial charge on any atom is 0.248 e. The summed E-state index contributed by atoms with van der Waals surface area (Å²) in [4.78, 5) is 15.6. The van der Waals surface area contributed by atoms with Crippen LogP contribution in [0.4, 0.5) is 0 Å². The highest BCUT2D eigenvalue weighted by Gasteiger charge is 2.34. The normalized spacial score (nSPS) is 16.2. The van der Waals surface area contributed by atoms with Gasteiger partial charge in [0.25, 0.3) is 0 Å². The summed E-state index contributed by atoms with van der Waals surface area (Å²) in [5, 5.41) is 6.85. The SMILES string of the molecule is CN=C(NCc1cccc(C(N)=O)c1)NCC1(CC(C)C)CCCC1.I. The van der Waals surface area contributed by atoms with E-state index in [4.69, 9.17) is 5.73 Å². The van der Waals surface area contributed by atoms with Crippen LogP contribution in [0.1, 0.15) is 61.9 Å². The van der Waals surface area contributed by atoms with Crippen LogP contribution in [0.3, 0.4) is 0 Å². The lowest BCUT2D eigenvalue weighted by Crippen LogP contribution is -2.43. The number of nitrogens with one attached hydrogen (secondary N) is 2. The number of primary amides is 1. The van der Waals surface area contributed by atoms with Crippen molar-refractivity contribution < 1.29 is 4.79 Å². The predicted molar refractivity (Wildman–Crippen MR) is 119 cm³/mol. The fraction of sp³-hybridized carbons (Fsp3) is 0.600. The molecule has 0 atom stereocenters. The molecule has 0 spiro atoms. The van der Waals surface area contributed by atoms with E-state index in [9.17, 15) is 4.79 Å². The first kappa shape index (κ1) is 22.7. The minimum Gasteiger partial charge on any atom is -0.366 e. The van der Waals surface area contributed by atoms with Crippen LogP contribution in [0, 0.1) is 11.3 Å². The monoisotopic (exact) mass is 472 g/mol. The average Bonchev–Trinajstić information content (AvgIpc) is 3.03. The standard InChI is InChI=1S/C20H32N4O.HI/c1-15(2)12-20(9-4-5-10-20)14-24-19(22-3)23-13-16-7-6-8-17(11-16)18(21)25;/h6-8,11,15H,4-5,9-10,12-14H2,1-3H3,(H2,21,25)(H2,22,23,24);1H. The lowest BCUT2D eigenvalue weighted by molar-refractivity contribution is 0.1000. The Labute approximate surface area is 174 Å². The van der Waals surface area contributed by atoms with Gasteiger partial charge >= 0.3 is 0 Å². The van der Waals surface area contributed by atoms with E-state index in [0.717, 1.165) is 18.1 Å². The second-order valence-electron chi connectivity index (χ2n) is 7.65. The second kappa shape index (κ2) is 10.7. The van der Waals surface area contributed by atoms with Crippen molar-refractivity contribution in [2.24, 2.45) is 22.1 Å². The fourth-order valence-electron chi connectivity index (χ4n) is 3.96. The maximum absolute atomic E-state index is 11.3. The van der Waals surface area contributed by atoms with Gasteiger partial charge in [0, 0.05) is 25.7 Å². The first-order chi connectivity index (χ1) is 11.9. The number of carbonyl (C=O) groups is 1. The number of nitrogens with two attached hydrogens (primary N) is 1. The molecule has 0 heterocycles. The summed E-state index contributed by atoms with van der Waals surface area (Å²) >= 11 is 0. The molecule has 5 nitrogen and oxygen atoms in total. The fourth-order valence-corrected chi connectivity index (χ4v) is 3.96. The predicted octanol–water partition coefficient (Wildman–Crippen LogP) is 3.68. The van der Waals surface area contributed by atoms with Gasteiger partial charge in [0.15, 0.2) is 5.96 Å². The van der Waals surface area contributed by atoms with E-state index in [-0.39, 0.29) is 24.0 Å². The zero-order valence-electron chi connectivity index (χ0n) is 16.2. The highest BCUT2D eigenvalue weighted by atomic mass is 127. The first-order valence-corrected chi connectivity index (χ1v) is 9.27. The molecule has 0 saturated heterocycles. The third-order valence-corrected chi connectivity index (χ3v) is 5.03. The van der Waals surface area contributed by atoms with Crippen molar-refractivity contribution in [3.8, 4) is 0 Å². The smallest absolute Gasteiger partial charge is 0.248 e. The van der Waals surface area contributed by atoms with E-state index in [1.807, 2.05) is 18.2 Å². The summed E-state index contributed by atoms with van der Waals surface area (Å²) in [6, 6.07) is 7.38. The van der Waals surface area contributed by atoms with Gasteiger partial charge in [-0.1, -0.05) is 38.8 Å². The summed E-state index contributed by atoms with van der Waals surface area (Å²) in [5.41, 5.74) is 7.28. The Balaban J connectivity index is 0.00000338. The van der Waals surface area contributed by atoms with E-state index in [1.54, 1.807) is 13.1 Å². The number of hydrogen-bond donors (Lipinski definition) is 3. The van der Waals surface area contributed by atoms with Crippen molar-refractivity contribution in [1.29, 1.82) is 0 Å². The molecule has 4 N–H and O–H groups in total. The van der Waals surface area contributed by atoms with E-state index >= 15 is 0 Å². The number of benzene rings is 1. The van der Waals surface area contributed by atoms with Crippen molar-refractivity contribution in [2.75, 3.05) is 13.6 Å². The molecule has 1 aliphatic rings. The molecule has 26 heavy (non-hydrogen) atoms. The van der Waals surface area contributed by atoms with Gasteiger partial charge in [-0.15, -0.1) is 24.0 Å². The minimum absolute atomic E-state index is 0. The summed E-state index contributed by atoms with van der Waals surface area (Å²) in [5.74, 6) is 1.12. The van der Waals surface area contributed by atoms with E-state index in [2.05, 4.69) is 29.5 Å². The van der Waals surface area contributed by atoms with Crippen LogP contribution in [0.25, 0.3) is 0 Å². The van der Waals surface area contributed by atoms with Gasteiger partial charge in [0.2, 0.25) is 5.91 Å². The molecule has 1 aromatic carbocycles. The topological polar surface area (TPSA) is 79.5 Å². The third kappa shape index (κ3) is 6.78. The quantitative estimate of drug-likeness (QED) is 0.322. The average molecular weight is 472 g/mol. The maximum atomic E-state index is 11.3. The first-order valence-electron chi connectivity index (χ1n) is 9.27. The lowest BCUT2D eigenvalue weighted by atomic mass is 9.78. The van der Waals surface area contributed by atoms with Crippen molar-refractivity contribution in [1.82, 2.24) is 10.6 Å². The highest BCUT2D eigenvalue weighted by Crippen LogP contribution is 2.42. The Morgan fingerprint density at radius 2 is 1.96 bits per heavy atom. The van der Waals surface area contributed by atoms with Crippen LogP contribution in [0.15, 0.2) is 29.3 Å². The molecule has 1 saturated carbocycles. The van der Waals surface area contributed by atoms with Gasteiger partial charge in [0.1, 0.15) is 0 Å². The molecule has 0 radical (unpaired) electrons. The zero-order chi connectivity index (χ0) is 18.3. The molecule has 0 bridgehead atoms. The molecule has 6 heteroatoms. The molecule has 0 unspecified atom stereocenters. The molecule has 1 aliphatic carbocycles. The minimum atomic E-state index is -0.402. The lowest BCUT2D eigenvalue weighted by Gasteiger charge is -2.32. The molecule has 0 aliphatic heterocycles. The number of guanidine groups is 1. The van der Waals surface area contributed by atoms with Crippen molar-refractivity contribution in [2.45, 2.75) is 52.5 Å². The van der Waals surface area contributed by atoms with Gasteiger partial charge in [-0.25, -0.2) is 0 Å².